The number of aliphatic carboxylic acids is 1. The summed E-state index contributed by atoms with van der Waals surface area (Å²) in [5, 5.41) is 17.6. The second kappa shape index (κ2) is 14.4. The van der Waals surface area contributed by atoms with E-state index in [9.17, 15) is 4.79 Å². The lowest BCUT2D eigenvalue weighted by Crippen LogP contribution is -2.14. The zero-order chi connectivity index (χ0) is 19.9. The molecule has 0 heterocycles. The number of rotatable bonds is 18. The van der Waals surface area contributed by atoms with E-state index in [1.54, 1.807) is 0 Å². The Labute approximate surface area is 161 Å². The normalized spacial score (nSPS) is 12.5. The zero-order valence-electron chi connectivity index (χ0n) is 17.8. The maximum Gasteiger partial charge on any atom is 0.303 e. The summed E-state index contributed by atoms with van der Waals surface area (Å²) in [5.74, 6) is -0.699. The number of hydrogen-bond acceptors (Lipinski definition) is 3. The molecular weight excluding hydrogens is 328 g/mol. The van der Waals surface area contributed by atoms with Crippen molar-refractivity contribution in [2.24, 2.45) is 10.8 Å². The molecule has 156 valence electrons. The van der Waals surface area contributed by atoms with Gasteiger partial charge in [-0.1, -0.05) is 53.4 Å². The highest BCUT2D eigenvalue weighted by molar-refractivity contribution is 5.66. The molecule has 0 aromatic rings. The Bertz CT molecular complexity index is 350. The minimum absolute atomic E-state index is 0.112. The van der Waals surface area contributed by atoms with Crippen LogP contribution >= 0.6 is 0 Å². The van der Waals surface area contributed by atoms with Crippen LogP contribution in [0.1, 0.15) is 105 Å². The van der Waals surface area contributed by atoms with E-state index >= 15 is 0 Å². The molecule has 0 aromatic heterocycles. The highest BCUT2D eigenvalue weighted by Gasteiger charge is 2.18. The summed E-state index contributed by atoms with van der Waals surface area (Å²) >= 11 is 0. The van der Waals surface area contributed by atoms with E-state index < -0.39 is 5.97 Å². The Morgan fingerprint density at radius 1 is 0.731 bits per heavy atom. The van der Waals surface area contributed by atoms with Gasteiger partial charge in [0.15, 0.2) is 0 Å². The van der Waals surface area contributed by atoms with Gasteiger partial charge in [0.1, 0.15) is 0 Å². The van der Waals surface area contributed by atoms with Crippen LogP contribution in [0, 0.1) is 10.8 Å². The third-order valence-corrected chi connectivity index (χ3v) is 5.31. The van der Waals surface area contributed by atoms with Gasteiger partial charge < -0.3 is 14.9 Å². The molecule has 0 aromatic carbocycles. The molecule has 0 saturated carbocycles. The minimum atomic E-state index is -0.699. The van der Waals surface area contributed by atoms with E-state index in [4.69, 9.17) is 14.9 Å². The van der Waals surface area contributed by atoms with Crippen molar-refractivity contribution in [3.8, 4) is 0 Å². The van der Waals surface area contributed by atoms with Crippen molar-refractivity contribution in [3.05, 3.63) is 0 Å². The van der Waals surface area contributed by atoms with Crippen LogP contribution in [0.25, 0.3) is 0 Å². The van der Waals surface area contributed by atoms with Crippen LogP contribution in [-0.4, -0.2) is 36.0 Å². The second-order valence-corrected chi connectivity index (χ2v) is 9.28. The Morgan fingerprint density at radius 3 is 1.65 bits per heavy atom. The molecule has 0 spiro atoms. The highest BCUT2D eigenvalue weighted by atomic mass is 16.5. The summed E-state index contributed by atoms with van der Waals surface area (Å²) in [6.07, 6.45) is 12.4. The van der Waals surface area contributed by atoms with Crippen molar-refractivity contribution < 1.29 is 19.7 Å². The Morgan fingerprint density at radius 2 is 1.19 bits per heavy atom. The van der Waals surface area contributed by atoms with Gasteiger partial charge in [0.05, 0.1) is 0 Å². The van der Waals surface area contributed by atoms with E-state index in [1.807, 2.05) is 0 Å². The van der Waals surface area contributed by atoms with Crippen LogP contribution in [0.4, 0.5) is 0 Å². The number of hydrogen-bond donors (Lipinski definition) is 2. The molecule has 2 N–H and O–H groups in total. The molecule has 4 nitrogen and oxygen atoms in total. The first-order valence-electron chi connectivity index (χ1n) is 10.6. The van der Waals surface area contributed by atoms with E-state index in [0.29, 0.717) is 12.0 Å². The molecule has 0 atom stereocenters. The Balaban J connectivity index is 3.51. The topological polar surface area (TPSA) is 66.8 Å². The van der Waals surface area contributed by atoms with Crippen LogP contribution in [0.2, 0.25) is 0 Å². The zero-order valence-corrected chi connectivity index (χ0v) is 17.8. The molecule has 0 bridgehead atoms. The molecule has 0 saturated heterocycles. The fraction of sp³-hybridized carbons (Fsp3) is 0.955. The van der Waals surface area contributed by atoms with Gasteiger partial charge >= 0.3 is 5.97 Å². The van der Waals surface area contributed by atoms with Gasteiger partial charge in [0, 0.05) is 26.2 Å². The van der Waals surface area contributed by atoms with Crippen molar-refractivity contribution in [2.45, 2.75) is 105 Å². The third kappa shape index (κ3) is 16.8. The first kappa shape index (κ1) is 25.4. The molecule has 0 radical (unpaired) electrons. The average Bonchev–Trinajstić information content (AvgIpc) is 2.55. The number of carboxylic acid groups (broad SMARTS) is 1. The van der Waals surface area contributed by atoms with Gasteiger partial charge in [-0.15, -0.1) is 0 Å². The summed E-state index contributed by atoms with van der Waals surface area (Å²) in [6.45, 7) is 11.0. The monoisotopic (exact) mass is 372 g/mol. The number of unbranched alkanes of at least 4 members (excludes halogenated alkanes) is 4. The van der Waals surface area contributed by atoms with Crippen LogP contribution in [0.15, 0.2) is 0 Å². The molecule has 0 aliphatic rings. The first-order chi connectivity index (χ1) is 12.2. The van der Waals surface area contributed by atoms with E-state index in [0.717, 1.165) is 58.2 Å². The fourth-order valence-corrected chi connectivity index (χ4v) is 3.30. The predicted octanol–water partition coefficient (Wildman–Crippen LogP) is 5.81. The van der Waals surface area contributed by atoms with Crippen molar-refractivity contribution in [3.63, 3.8) is 0 Å². The first-order valence-corrected chi connectivity index (χ1v) is 10.6. The van der Waals surface area contributed by atoms with Crippen LogP contribution in [-0.2, 0) is 9.53 Å². The van der Waals surface area contributed by atoms with Crippen LogP contribution in [0.3, 0.4) is 0 Å². The fourth-order valence-electron chi connectivity index (χ4n) is 3.30. The molecule has 0 unspecified atom stereocenters. The number of carboxylic acids is 1. The smallest absolute Gasteiger partial charge is 0.303 e. The lowest BCUT2D eigenvalue weighted by atomic mass is 9.82. The molecule has 26 heavy (non-hydrogen) atoms. The Hall–Kier alpha value is -0.610. The lowest BCUT2D eigenvalue weighted by molar-refractivity contribution is -0.137. The summed E-state index contributed by atoms with van der Waals surface area (Å²) in [4.78, 5) is 10.7. The molecule has 0 fully saturated rings. The lowest BCUT2D eigenvalue weighted by Gasteiger charge is -2.24. The number of aliphatic hydroxyl groups is 1. The average molecular weight is 373 g/mol. The van der Waals surface area contributed by atoms with Crippen molar-refractivity contribution in [2.75, 3.05) is 19.8 Å². The largest absolute Gasteiger partial charge is 0.481 e. The third-order valence-electron chi connectivity index (χ3n) is 5.31. The van der Waals surface area contributed by atoms with Crippen LogP contribution in [0.5, 0.6) is 0 Å². The number of aliphatic hydroxyl groups excluding tert-OH is 1. The molecule has 0 aliphatic carbocycles. The maximum absolute atomic E-state index is 10.7. The molecule has 0 rings (SSSR count). The van der Waals surface area contributed by atoms with E-state index in [-0.39, 0.29) is 11.8 Å². The predicted molar refractivity (Wildman–Crippen MR) is 109 cm³/mol. The maximum atomic E-state index is 10.7. The second-order valence-electron chi connectivity index (χ2n) is 9.28. The van der Waals surface area contributed by atoms with Gasteiger partial charge in [0.2, 0.25) is 0 Å². The van der Waals surface area contributed by atoms with Crippen molar-refractivity contribution in [1.82, 2.24) is 0 Å². The SMILES string of the molecule is CC(C)(CCCCCO)CCCCOCCCCC(C)(C)CCC(=O)O. The Kier molecular flexibility index (Phi) is 14.1. The van der Waals surface area contributed by atoms with E-state index in [2.05, 4.69) is 27.7 Å². The van der Waals surface area contributed by atoms with Gasteiger partial charge in [-0.05, 0) is 55.8 Å². The van der Waals surface area contributed by atoms with Gasteiger partial charge in [0.25, 0.3) is 0 Å². The summed E-state index contributed by atoms with van der Waals surface area (Å²) < 4.78 is 5.75. The summed E-state index contributed by atoms with van der Waals surface area (Å²) in [7, 11) is 0. The molecule has 4 heteroatoms. The molecule has 0 aliphatic heterocycles. The highest BCUT2D eigenvalue weighted by Crippen LogP contribution is 2.30. The summed E-state index contributed by atoms with van der Waals surface area (Å²) in [6, 6.07) is 0. The number of carbonyl (C=O) groups is 1. The number of ether oxygens (including phenoxy) is 1. The van der Waals surface area contributed by atoms with Crippen LogP contribution < -0.4 is 0 Å². The van der Waals surface area contributed by atoms with E-state index in [1.165, 1.54) is 25.7 Å². The van der Waals surface area contributed by atoms with Crippen molar-refractivity contribution in [1.29, 1.82) is 0 Å². The van der Waals surface area contributed by atoms with Gasteiger partial charge in [-0.3, -0.25) is 4.79 Å². The van der Waals surface area contributed by atoms with Crippen molar-refractivity contribution >= 4 is 5.97 Å². The molecule has 0 amide bonds. The minimum Gasteiger partial charge on any atom is -0.481 e. The van der Waals surface area contributed by atoms with Gasteiger partial charge in [-0.2, -0.15) is 0 Å². The quantitative estimate of drug-likeness (QED) is 0.298. The van der Waals surface area contributed by atoms with Gasteiger partial charge in [-0.25, -0.2) is 0 Å². The standard InChI is InChI=1S/C22H44O4/c1-21(2,13-6-5-9-17-23)14-7-10-18-26-19-11-8-15-22(3,4)16-12-20(24)25/h23H,5-19H2,1-4H3,(H,24,25). The molecular formula is C22H44O4. The summed E-state index contributed by atoms with van der Waals surface area (Å²) in [5.41, 5.74) is 0.512.